The number of halogens is 1. The fourth-order valence-electron chi connectivity index (χ4n) is 1.16. The zero-order chi connectivity index (χ0) is 10.9. The lowest BCUT2D eigenvalue weighted by atomic mass is 10.3. The van der Waals surface area contributed by atoms with E-state index in [1.54, 1.807) is 11.3 Å². The number of hydrogen-bond donors (Lipinski definition) is 1. The van der Waals surface area contributed by atoms with Crippen molar-refractivity contribution in [2.45, 2.75) is 6.42 Å². The molecular weight excluding hydrogens is 300 g/mol. The lowest BCUT2D eigenvalue weighted by Gasteiger charge is -2.04. The summed E-state index contributed by atoms with van der Waals surface area (Å²) in [5.74, 6) is 0. The molecule has 1 aromatic rings. The van der Waals surface area contributed by atoms with E-state index in [9.17, 15) is 8.42 Å². The molecule has 1 aliphatic rings. The van der Waals surface area contributed by atoms with E-state index in [0.29, 0.717) is 19.6 Å². The van der Waals surface area contributed by atoms with Crippen molar-refractivity contribution in [1.29, 1.82) is 0 Å². The van der Waals surface area contributed by atoms with E-state index >= 15 is 0 Å². The van der Waals surface area contributed by atoms with Gasteiger partial charge in [0.15, 0.2) is 0 Å². The molecule has 1 fully saturated rings. The summed E-state index contributed by atoms with van der Waals surface area (Å²) in [6, 6.07) is 3.97. The Labute approximate surface area is 102 Å². The Bertz CT molecular complexity index is 439. The maximum Gasteiger partial charge on any atom is 0.279 e. The first-order chi connectivity index (χ1) is 7.08. The predicted octanol–water partition coefficient (Wildman–Crippen LogP) is 1.20. The van der Waals surface area contributed by atoms with E-state index in [1.165, 1.54) is 9.18 Å². The van der Waals surface area contributed by atoms with Crippen LogP contribution in [0.4, 0.5) is 0 Å². The number of rotatable bonds is 5. The van der Waals surface area contributed by atoms with Gasteiger partial charge in [-0.05, 0) is 34.5 Å². The quantitative estimate of drug-likeness (QED) is 0.831. The molecule has 0 unspecified atom stereocenters. The van der Waals surface area contributed by atoms with Crippen molar-refractivity contribution in [3.63, 3.8) is 0 Å². The van der Waals surface area contributed by atoms with E-state index in [-0.39, 0.29) is 0 Å². The van der Waals surface area contributed by atoms with E-state index in [2.05, 4.69) is 20.7 Å². The van der Waals surface area contributed by atoms with E-state index in [4.69, 9.17) is 0 Å². The normalized spacial score (nSPS) is 16.9. The Hall–Kier alpha value is 0.0500. The molecule has 1 aromatic heterocycles. The molecule has 7 heteroatoms. The summed E-state index contributed by atoms with van der Waals surface area (Å²) in [5, 5.41) is 0. The number of nitrogens with zero attached hydrogens (tertiary/aromatic N) is 1. The fraction of sp³-hybridized carbons (Fsp3) is 0.500. The average molecular weight is 311 g/mol. The van der Waals surface area contributed by atoms with Gasteiger partial charge in [0.1, 0.15) is 0 Å². The Balaban J connectivity index is 1.79. The van der Waals surface area contributed by atoms with Gasteiger partial charge in [0.05, 0.1) is 3.79 Å². The topological polar surface area (TPSA) is 49.2 Å². The highest BCUT2D eigenvalue weighted by Gasteiger charge is 2.30. The number of hydrogen-bond acceptors (Lipinski definition) is 3. The molecule has 84 valence electrons. The second-order valence-corrected chi connectivity index (χ2v) is 7.56. The van der Waals surface area contributed by atoms with Gasteiger partial charge in [0.25, 0.3) is 10.2 Å². The summed E-state index contributed by atoms with van der Waals surface area (Å²) < 4.78 is 27.9. The van der Waals surface area contributed by atoms with Crippen LogP contribution in [0, 0.1) is 0 Å². The average Bonchev–Trinajstić information content (AvgIpc) is 2.92. The highest BCUT2D eigenvalue weighted by atomic mass is 79.9. The predicted molar refractivity (Wildman–Crippen MR) is 64.2 cm³/mol. The minimum atomic E-state index is -3.17. The van der Waals surface area contributed by atoms with Crippen LogP contribution < -0.4 is 4.72 Å². The van der Waals surface area contributed by atoms with Crippen LogP contribution in [0.2, 0.25) is 0 Å². The van der Waals surface area contributed by atoms with Gasteiger partial charge in [-0.1, -0.05) is 0 Å². The molecule has 4 nitrogen and oxygen atoms in total. The third-order valence-electron chi connectivity index (χ3n) is 2.03. The Morgan fingerprint density at radius 3 is 2.73 bits per heavy atom. The van der Waals surface area contributed by atoms with Gasteiger partial charge in [-0.3, -0.25) is 0 Å². The molecule has 1 saturated heterocycles. The van der Waals surface area contributed by atoms with Crippen LogP contribution in [0.15, 0.2) is 15.9 Å². The van der Waals surface area contributed by atoms with Gasteiger partial charge in [0, 0.05) is 24.5 Å². The molecule has 0 bridgehead atoms. The zero-order valence-corrected chi connectivity index (χ0v) is 11.2. The van der Waals surface area contributed by atoms with Gasteiger partial charge < -0.3 is 0 Å². The molecule has 0 radical (unpaired) electrons. The number of thiophene rings is 1. The third-order valence-corrected chi connectivity index (χ3v) is 5.33. The lowest BCUT2D eigenvalue weighted by Crippen LogP contribution is -2.31. The van der Waals surface area contributed by atoms with Crippen molar-refractivity contribution in [1.82, 2.24) is 9.03 Å². The van der Waals surface area contributed by atoms with Crippen molar-refractivity contribution in [3.8, 4) is 0 Å². The number of nitrogens with one attached hydrogen (secondary N) is 1. The maximum absolute atomic E-state index is 11.4. The van der Waals surface area contributed by atoms with Crippen molar-refractivity contribution < 1.29 is 8.42 Å². The summed E-state index contributed by atoms with van der Waals surface area (Å²) in [5.41, 5.74) is 0. The van der Waals surface area contributed by atoms with Crippen LogP contribution in [-0.2, 0) is 16.6 Å². The fourth-order valence-corrected chi connectivity index (χ4v) is 3.75. The van der Waals surface area contributed by atoms with Gasteiger partial charge in [-0.15, -0.1) is 11.3 Å². The zero-order valence-electron chi connectivity index (χ0n) is 7.94. The molecule has 0 atom stereocenters. The van der Waals surface area contributed by atoms with Crippen LogP contribution >= 0.6 is 27.3 Å². The second-order valence-electron chi connectivity index (χ2n) is 3.25. The molecule has 15 heavy (non-hydrogen) atoms. The molecule has 0 saturated carbocycles. The summed E-state index contributed by atoms with van der Waals surface area (Å²) in [6.45, 7) is 1.77. The molecule has 0 aliphatic carbocycles. The van der Waals surface area contributed by atoms with Crippen LogP contribution in [0.1, 0.15) is 4.88 Å². The molecule has 2 heterocycles. The SMILES string of the molecule is O=S(=O)(NCCc1ccc(Br)s1)N1CC1. The Morgan fingerprint density at radius 1 is 1.47 bits per heavy atom. The molecular formula is C8H11BrN2O2S2. The minimum Gasteiger partial charge on any atom is -0.202 e. The smallest absolute Gasteiger partial charge is 0.202 e. The van der Waals surface area contributed by atoms with Crippen LogP contribution in [-0.4, -0.2) is 32.4 Å². The second kappa shape index (κ2) is 4.50. The molecule has 0 amide bonds. The van der Waals surface area contributed by atoms with Gasteiger partial charge >= 0.3 is 0 Å². The minimum absolute atomic E-state index is 0.464. The summed E-state index contributed by atoms with van der Waals surface area (Å²) >= 11 is 5.00. The first kappa shape index (κ1) is 11.5. The summed E-state index contributed by atoms with van der Waals surface area (Å²) in [6.07, 6.45) is 0.739. The van der Waals surface area contributed by atoms with Crippen molar-refractivity contribution in [2.24, 2.45) is 0 Å². The molecule has 0 aromatic carbocycles. The third kappa shape index (κ3) is 3.25. The summed E-state index contributed by atoms with van der Waals surface area (Å²) in [4.78, 5) is 1.18. The summed E-state index contributed by atoms with van der Waals surface area (Å²) in [7, 11) is -3.17. The van der Waals surface area contributed by atoms with Crippen molar-refractivity contribution >= 4 is 37.5 Å². The van der Waals surface area contributed by atoms with Crippen LogP contribution in [0.5, 0.6) is 0 Å². The first-order valence-corrected chi connectivity index (χ1v) is 7.62. The maximum atomic E-state index is 11.4. The highest BCUT2D eigenvalue weighted by molar-refractivity contribution is 9.11. The standard InChI is InChI=1S/C8H11BrN2O2S2/c9-8-2-1-7(14-8)3-4-10-15(12,13)11-5-6-11/h1-2,10H,3-6H2. The van der Waals surface area contributed by atoms with Crippen molar-refractivity contribution in [2.75, 3.05) is 19.6 Å². The van der Waals surface area contributed by atoms with E-state index in [1.807, 2.05) is 12.1 Å². The largest absolute Gasteiger partial charge is 0.279 e. The monoisotopic (exact) mass is 310 g/mol. The van der Waals surface area contributed by atoms with E-state index in [0.717, 1.165) is 10.2 Å². The van der Waals surface area contributed by atoms with Crippen LogP contribution in [0.25, 0.3) is 0 Å². The van der Waals surface area contributed by atoms with Crippen LogP contribution in [0.3, 0.4) is 0 Å². The Kier molecular flexibility index (Phi) is 3.46. The van der Waals surface area contributed by atoms with Gasteiger partial charge in [-0.25, -0.2) is 4.72 Å². The molecule has 0 spiro atoms. The highest BCUT2D eigenvalue weighted by Crippen LogP contribution is 2.22. The van der Waals surface area contributed by atoms with E-state index < -0.39 is 10.2 Å². The molecule has 2 rings (SSSR count). The van der Waals surface area contributed by atoms with Crippen molar-refractivity contribution in [3.05, 3.63) is 20.8 Å². The first-order valence-electron chi connectivity index (χ1n) is 4.57. The van der Waals surface area contributed by atoms with Gasteiger partial charge in [0.2, 0.25) is 0 Å². The lowest BCUT2D eigenvalue weighted by molar-refractivity contribution is 0.547. The molecule has 1 N–H and O–H groups in total. The molecule has 1 aliphatic heterocycles. The Morgan fingerprint density at radius 2 is 2.20 bits per heavy atom. The van der Waals surface area contributed by atoms with Gasteiger partial charge in [-0.2, -0.15) is 12.7 Å².